The summed E-state index contributed by atoms with van der Waals surface area (Å²) in [6, 6.07) is 10.8. The molecule has 2 rings (SSSR count). The van der Waals surface area contributed by atoms with Crippen LogP contribution in [0, 0.1) is 0 Å². The van der Waals surface area contributed by atoms with Crippen molar-refractivity contribution in [1.29, 1.82) is 0 Å². The lowest BCUT2D eigenvalue weighted by Gasteiger charge is -2.40. The van der Waals surface area contributed by atoms with Crippen LogP contribution in [0.1, 0.15) is 18.5 Å². The Morgan fingerprint density at radius 1 is 1.35 bits per heavy atom. The Bertz CT molecular complexity index is 519. The van der Waals surface area contributed by atoms with Gasteiger partial charge in [-0.15, -0.1) is 0 Å². The van der Waals surface area contributed by atoms with Crippen LogP contribution in [0.5, 0.6) is 0 Å². The standard InChI is InChI=1S/C14H22N2O2S2/c1-12-14(13-6-4-3-5-7-13)16(10-11-19-12)9-8-15-20(2,17)18/h3-7,12,14-15H,8-11H2,1-2H3/t12-,14-/m1/s1. The molecule has 0 saturated carbocycles. The lowest BCUT2D eigenvalue weighted by molar-refractivity contribution is 0.204. The van der Waals surface area contributed by atoms with E-state index in [9.17, 15) is 8.42 Å². The molecule has 1 saturated heterocycles. The van der Waals surface area contributed by atoms with Crippen LogP contribution in [0.25, 0.3) is 0 Å². The summed E-state index contributed by atoms with van der Waals surface area (Å²) in [5, 5.41) is 0.518. The van der Waals surface area contributed by atoms with Crippen LogP contribution < -0.4 is 4.72 Å². The minimum atomic E-state index is -3.10. The number of nitrogens with zero attached hydrogens (tertiary/aromatic N) is 1. The van der Waals surface area contributed by atoms with E-state index in [-0.39, 0.29) is 0 Å². The molecule has 1 aromatic carbocycles. The first kappa shape index (κ1) is 15.8. The van der Waals surface area contributed by atoms with Crippen molar-refractivity contribution < 1.29 is 8.42 Å². The SMILES string of the molecule is C[C@H]1SCCN(CCNS(C)(=O)=O)[C@H]1c1ccccc1. The number of sulfonamides is 1. The van der Waals surface area contributed by atoms with Crippen molar-refractivity contribution >= 4 is 21.8 Å². The highest BCUT2D eigenvalue weighted by molar-refractivity contribution is 8.00. The number of benzene rings is 1. The van der Waals surface area contributed by atoms with E-state index >= 15 is 0 Å². The summed E-state index contributed by atoms with van der Waals surface area (Å²) in [5.41, 5.74) is 1.31. The second-order valence-corrected chi connectivity index (χ2v) is 8.45. The summed E-state index contributed by atoms with van der Waals surface area (Å²) >= 11 is 1.98. The van der Waals surface area contributed by atoms with Gasteiger partial charge in [0.1, 0.15) is 0 Å². The van der Waals surface area contributed by atoms with Gasteiger partial charge in [0, 0.05) is 36.7 Å². The van der Waals surface area contributed by atoms with Crippen LogP contribution in [0.4, 0.5) is 0 Å². The maximum atomic E-state index is 11.2. The molecule has 1 aromatic rings. The molecule has 1 aliphatic heterocycles. The molecule has 0 aromatic heterocycles. The van der Waals surface area contributed by atoms with Gasteiger partial charge in [0.2, 0.25) is 10.0 Å². The highest BCUT2D eigenvalue weighted by Crippen LogP contribution is 2.35. The molecule has 1 heterocycles. The average molecular weight is 314 g/mol. The number of hydrogen-bond donors (Lipinski definition) is 1. The maximum Gasteiger partial charge on any atom is 0.208 e. The Hall–Kier alpha value is -0.560. The van der Waals surface area contributed by atoms with Gasteiger partial charge < -0.3 is 0 Å². The zero-order valence-corrected chi connectivity index (χ0v) is 13.6. The monoisotopic (exact) mass is 314 g/mol. The first-order valence-corrected chi connectivity index (χ1v) is 9.76. The molecule has 0 amide bonds. The van der Waals surface area contributed by atoms with E-state index in [1.54, 1.807) is 0 Å². The first-order valence-electron chi connectivity index (χ1n) is 6.82. The number of hydrogen-bond acceptors (Lipinski definition) is 4. The Morgan fingerprint density at radius 3 is 2.70 bits per heavy atom. The predicted octanol–water partition coefficient (Wildman–Crippen LogP) is 1.71. The highest BCUT2D eigenvalue weighted by Gasteiger charge is 2.29. The van der Waals surface area contributed by atoms with E-state index in [2.05, 4.69) is 40.8 Å². The van der Waals surface area contributed by atoms with Gasteiger partial charge in [0.05, 0.1) is 6.26 Å². The van der Waals surface area contributed by atoms with Crippen LogP contribution in [-0.4, -0.2) is 50.2 Å². The third-order valence-electron chi connectivity index (χ3n) is 3.50. The van der Waals surface area contributed by atoms with Crippen molar-refractivity contribution in [2.45, 2.75) is 18.2 Å². The topological polar surface area (TPSA) is 49.4 Å². The van der Waals surface area contributed by atoms with Crippen molar-refractivity contribution in [1.82, 2.24) is 9.62 Å². The zero-order valence-electron chi connectivity index (χ0n) is 12.0. The van der Waals surface area contributed by atoms with Gasteiger partial charge in [-0.2, -0.15) is 11.8 Å². The molecule has 0 radical (unpaired) electrons. The second-order valence-electron chi connectivity index (χ2n) is 5.13. The molecular weight excluding hydrogens is 292 g/mol. The molecule has 1 fully saturated rings. The summed E-state index contributed by atoms with van der Waals surface area (Å²) in [5.74, 6) is 1.10. The molecule has 4 nitrogen and oxygen atoms in total. The van der Waals surface area contributed by atoms with Crippen molar-refractivity contribution in [3.8, 4) is 0 Å². The third-order valence-corrected chi connectivity index (χ3v) is 5.43. The zero-order chi connectivity index (χ0) is 14.6. The van der Waals surface area contributed by atoms with Gasteiger partial charge in [-0.1, -0.05) is 37.3 Å². The van der Waals surface area contributed by atoms with Gasteiger partial charge in [0.15, 0.2) is 0 Å². The summed E-state index contributed by atoms with van der Waals surface area (Å²) < 4.78 is 24.9. The van der Waals surface area contributed by atoms with Crippen LogP contribution in [-0.2, 0) is 10.0 Å². The van der Waals surface area contributed by atoms with E-state index in [1.807, 2.05) is 17.8 Å². The molecule has 2 atom stereocenters. The maximum absolute atomic E-state index is 11.2. The Balaban J connectivity index is 2.05. The molecule has 1 aliphatic rings. The smallest absolute Gasteiger partial charge is 0.208 e. The Morgan fingerprint density at radius 2 is 2.05 bits per heavy atom. The van der Waals surface area contributed by atoms with Gasteiger partial charge in [-0.05, 0) is 5.56 Å². The van der Waals surface area contributed by atoms with Crippen LogP contribution in [0.2, 0.25) is 0 Å². The molecule has 6 heteroatoms. The largest absolute Gasteiger partial charge is 0.293 e. The molecule has 112 valence electrons. The second kappa shape index (κ2) is 6.93. The number of rotatable bonds is 5. The lowest BCUT2D eigenvalue weighted by Crippen LogP contribution is -2.43. The Kier molecular flexibility index (Phi) is 5.49. The summed E-state index contributed by atoms with van der Waals surface area (Å²) in [6.45, 7) is 4.47. The fraction of sp³-hybridized carbons (Fsp3) is 0.571. The van der Waals surface area contributed by atoms with Crippen molar-refractivity contribution in [2.75, 3.05) is 31.6 Å². The quantitative estimate of drug-likeness (QED) is 0.899. The van der Waals surface area contributed by atoms with Crippen molar-refractivity contribution in [3.63, 3.8) is 0 Å². The summed E-state index contributed by atoms with van der Waals surface area (Å²) in [4.78, 5) is 2.38. The van der Waals surface area contributed by atoms with Crippen molar-refractivity contribution in [2.24, 2.45) is 0 Å². The number of nitrogens with one attached hydrogen (secondary N) is 1. The normalized spacial score (nSPS) is 24.7. The van der Waals surface area contributed by atoms with Gasteiger partial charge in [-0.3, -0.25) is 4.90 Å². The summed E-state index contributed by atoms with van der Waals surface area (Å²) in [7, 11) is -3.10. The highest BCUT2D eigenvalue weighted by atomic mass is 32.2. The summed E-state index contributed by atoms with van der Waals surface area (Å²) in [6.07, 6.45) is 1.20. The first-order chi connectivity index (χ1) is 9.47. The van der Waals surface area contributed by atoms with E-state index < -0.39 is 10.0 Å². The van der Waals surface area contributed by atoms with Gasteiger partial charge >= 0.3 is 0 Å². The molecular formula is C14H22N2O2S2. The van der Waals surface area contributed by atoms with Gasteiger partial charge in [-0.25, -0.2) is 13.1 Å². The third kappa shape index (κ3) is 4.48. The van der Waals surface area contributed by atoms with Gasteiger partial charge in [0.25, 0.3) is 0 Å². The minimum absolute atomic E-state index is 0.358. The molecule has 0 bridgehead atoms. The van der Waals surface area contributed by atoms with Crippen molar-refractivity contribution in [3.05, 3.63) is 35.9 Å². The molecule has 0 unspecified atom stereocenters. The predicted molar refractivity (Wildman–Crippen MR) is 85.5 cm³/mol. The Labute approximate surface area is 126 Å². The van der Waals surface area contributed by atoms with Crippen LogP contribution in [0.3, 0.4) is 0 Å². The fourth-order valence-corrected chi connectivity index (χ4v) is 4.33. The lowest BCUT2D eigenvalue weighted by atomic mass is 10.0. The molecule has 20 heavy (non-hydrogen) atoms. The molecule has 0 aliphatic carbocycles. The van der Waals surface area contributed by atoms with E-state index in [0.717, 1.165) is 18.8 Å². The molecule has 0 spiro atoms. The molecule has 1 N–H and O–H groups in total. The fourth-order valence-electron chi connectivity index (χ4n) is 2.64. The van der Waals surface area contributed by atoms with E-state index in [1.165, 1.54) is 11.8 Å². The van der Waals surface area contributed by atoms with Crippen LogP contribution >= 0.6 is 11.8 Å². The van der Waals surface area contributed by atoms with E-state index in [0.29, 0.717) is 17.8 Å². The average Bonchev–Trinajstić information content (AvgIpc) is 2.38. The number of thioether (sulfide) groups is 1. The minimum Gasteiger partial charge on any atom is -0.293 e. The van der Waals surface area contributed by atoms with E-state index in [4.69, 9.17) is 0 Å². The van der Waals surface area contributed by atoms with Crippen LogP contribution in [0.15, 0.2) is 30.3 Å².